The summed E-state index contributed by atoms with van der Waals surface area (Å²) in [5, 5.41) is 3.99. The third kappa shape index (κ3) is 5.20. The van der Waals surface area contributed by atoms with Crippen molar-refractivity contribution in [1.29, 1.82) is 0 Å². The third-order valence-electron chi connectivity index (χ3n) is 3.94. The first-order valence-corrected chi connectivity index (χ1v) is 9.09. The predicted octanol–water partition coefficient (Wildman–Crippen LogP) is 4.28. The fourth-order valence-electron chi connectivity index (χ4n) is 2.67. The topological polar surface area (TPSA) is 59.9 Å². The minimum absolute atomic E-state index is 0.131. The maximum atomic E-state index is 12.1. The van der Waals surface area contributed by atoms with E-state index in [4.69, 9.17) is 9.47 Å². The van der Waals surface area contributed by atoms with E-state index in [2.05, 4.69) is 10.5 Å². The molecule has 0 aliphatic heterocycles. The molecule has 3 rings (SSSR count). The van der Waals surface area contributed by atoms with Crippen LogP contribution >= 0.6 is 0 Å². The lowest BCUT2D eigenvalue weighted by molar-refractivity contribution is -0.123. The number of hydrogen-bond donors (Lipinski definition) is 1. The standard InChI is InChI=1S/C23H22N2O3/c1-2-27-21-14-8-6-12-19(21)16-24-25-23(26)17-28-22-15-9-7-13-20(22)18-10-4-3-5-11-18/h3-16H,2,17H2,1H3,(H,25,26)/b24-16-. The van der Waals surface area contributed by atoms with E-state index in [-0.39, 0.29) is 12.5 Å². The van der Waals surface area contributed by atoms with Crippen molar-refractivity contribution in [3.05, 3.63) is 84.4 Å². The van der Waals surface area contributed by atoms with Gasteiger partial charge in [-0.2, -0.15) is 5.10 Å². The molecule has 0 aliphatic rings. The van der Waals surface area contributed by atoms with Gasteiger partial charge in [0.2, 0.25) is 0 Å². The van der Waals surface area contributed by atoms with Gasteiger partial charge in [0.25, 0.3) is 5.91 Å². The lowest BCUT2D eigenvalue weighted by Gasteiger charge is -2.11. The first kappa shape index (κ1) is 19.2. The molecular weight excluding hydrogens is 352 g/mol. The molecular formula is C23H22N2O3. The number of rotatable bonds is 8. The molecule has 1 N–H and O–H groups in total. The Hall–Kier alpha value is -3.60. The minimum Gasteiger partial charge on any atom is -0.493 e. The van der Waals surface area contributed by atoms with Crippen molar-refractivity contribution in [1.82, 2.24) is 5.43 Å². The Balaban J connectivity index is 1.59. The molecule has 0 aliphatic carbocycles. The molecule has 0 saturated carbocycles. The molecule has 1 amide bonds. The van der Waals surface area contributed by atoms with Crippen molar-refractivity contribution >= 4 is 12.1 Å². The SMILES string of the molecule is CCOc1ccccc1/C=N\NC(=O)COc1ccccc1-c1ccccc1. The largest absolute Gasteiger partial charge is 0.493 e. The lowest BCUT2D eigenvalue weighted by atomic mass is 10.1. The van der Waals surface area contributed by atoms with Gasteiger partial charge in [-0.25, -0.2) is 5.43 Å². The fourth-order valence-corrected chi connectivity index (χ4v) is 2.67. The second-order valence-corrected chi connectivity index (χ2v) is 5.91. The van der Waals surface area contributed by atoms with Gasteiger partial charge in [0.1, 0.15) is 11.5 Å². The van der Waals surface area contributed by atoms with E-state index in [1.807, 2.05) is 85.8 Å². The Bertz CT molecular complexity index is 939. The van der Waals surface area contributed by atoms with Crippen LogP contribution in [0.1, 0.15) is 12.5 Å². The van der Waals surface area contributed by atoms with Crippen LogP contribution in [0.2, 0.25) is 0 Å². The highest BCUT2D eigenvalue weighted by Crippen LogP contribution is 2.29. The maximum absolute atomic E-state index is 12.1. The Labute approximate surface area is 164 Å². The molecule has 0 heterocycles. The summed E-state index contributed by atoms with van der Waals surface area (Å²) in [6.45, 7) is 2.35. The molecule has 0 unspecified atom stereocenters. The maximum Gasteiger partial charge on any atom is 0.277 e. The number of ether oxygens (including phenoxy) is 2. The molecule has 3 aromatic carbocycles. The van der Waals surface area contributed by atoms with E-state index in [1.165, 1.54) is 0 Å². The Morgan fingerprint density at radius 3 is 2.36 bits per heavy atom. The summed E-state index contributed by atoms with van der Waals surface area (Å²) in [5.74, 6) is 1.03. The number of nitrogens with zero attached hydrogens (tertiary/aromatic N) is 1. The first-order chi connectivity index (χ1) is 13.8. The van der Waals surface area contributed by atoms with Crippen LogP contribution in [0.5, 0.6) is 11.5 Å². The fraction of sp³-hybridized carbons (Fsp3) is 0.130. The predicted molar refractivity (Wildman–Crippen MR) is 111 cm³/mol. The van der Waals surface area contributed by atoms with Gasteiger partial charge in [0.15, 0.2) is 6.61 Å². The van der Waals surface area contributed by atoms with Crippen LogP contribution in [-0.2, 0) is 4.79 Å². The number of hydrazone groups is 1. The average Bonchev–Trinajstić information content (AvgIpc) is 2.74. The lowest BCUT2D eigenvalue weighted by Crippen LogP contribution is -2.24. The summed E-state index contributed by atoms with van der Waals surface area (Å²) in [5.41, 5.74) is 5.24. The number of benzene rings is 3. The summed E-state index contributed by atoms with van der Waals surface area (Å²) in [4.78, 5) is 12.1. The number of amides is 1. The molecule has 0 radical (unpaired) electrons. The second-order valence-electron chi connectivity index (χ2n) is 5.91. The van der Waals surface area contributed by atoms with E-state index < -0.39 is 0 Å². The van der Waals surface area contributed by atoms with Gasteiger partial charge >= 0.3 is 0 Å². The second kappa shape index (κ2) is 9.92. The summed E-state index contributed by atoms with van der Waals surface area (Å²) in [7, 11) is 0. The summed E-state index contributed by atoms with van der Waals surface area (Å²) < 4.78 is 11.2. The molecule has 0 aromatic heterocycles. The first-order valence-electron chi connectivity index (χ1n) is 9.09. The Morgan fingerprint density at radius 1 is 0.893 bits per heavy atom. The summed E-state index contributed by atoms with van der Waals surface area (Å²) >= 11 is 0. The molecule has 0 bridgehead atoms. The number of hydrogen-bond acceptors (Lipinski definition) is 4. The smallest absolute Gasteiger partial charge is 0.277 e. The van der Waals surface area contributed by atoms with Crippen LogP contribution in [0, 0.1) is 0 Å². The van der Waals surface area contributed by atoms with E-state index in [1.54, 1.807) is 6.21 Å². The van der Waals surface area contributed by atoms with Gasteiger partial charge < -0.3 is 9.47 Å². The van der Waals surface area contributed by atoms with Crippen LogP contribution < -0.4 is 14.9 Å². The van der Waals surface area contributed by atoms with Crippen molar-refractivity contribution in [3.63, 3.8) is 0 Å². The van der Waals surface area contributed by atoms with Gasteiger partial charge in [-0.1, -0.05) is 60.7 Å². The Morgan fingerprint density at radius 2 is 1.57 bits per heavy atom. The van der Waals surface area contributed by atoms with Crippen LogP contribution in [0.25, 0.3) is 11.1 Å². The minimum atomic E-state index is -0.340. The zero-order valence-corrected chi connectivity index (χ0v) is 15.7. The van der Waals surface area contributed by atoms with Crippen molar-refractivity contribution < 1.29 is 14.3 Å². The van der Waals surface area contributed by atoms with E-state index in [0.29, 0.717) is 12.4 Å². The molecule has 3 aromatic rings. The monoisotopic (exact) mass is 374 g/mol. The molecule has 5 nitrogen and oxygen atoms in total. The molecule has 0 spiro atoms. The third-order valence-corrected chi connectivity index (χ3v) is 3.94. The molecule has 0 saturated heterocycles. The molecule has 28 heavy (non-hydrogen) atoms. The number of carbonyl (C=O) groups excluding carboxylic acids is 1. The van der Waals surface area contributed by atoms with E-state index >= 15 is 0 Å². The molecule has 5 heteroatoms. The van der Waals surface area contributed by atoms with Crippen LogP contribution in [0.3, 0.4) is 0 Å². The van der Waals surface area contributed by atoms with Gasteiger partial charge in [0, 0.05) is 11.1 Å². The van der Waals surface area contributed by atoms with Crippen molar-refractivity contribution in [2.45, 2.75) is 6.92 Å². The normalized spacial score (nSPS) is 10.6. The quantitative estimate of drug-likeness (QED) is 0.473. The molecule has 0 atom stereocenters. The van der Waals surface area contributed by atoms with Crippen molar-refractivity contribution in [2.24, 2.45) is 5.10 Å². The number of para-hydroxylation sites is 2. The zero-order valence-electron chi connectivity index (χ0n) is 15.7. The highest BCUT2D eigenvalue weighted by molar-refractivity contribution is 5.85. The van der Waals surface area contributed by atoms with Crippen molar-refractivity contribution in [3.8, 4) is 22.6 Å². The summed E-state index contributed by atoms with van der Waals surface area (Å²) in [6, 6.07) is 25.0. The molecule has 142 valence electrons. The van der Waals surface area contributed by atoms with Gasteiger partial charge in [-0.05, 0) is 30.7 Å². The molecule has 0 fully saturated rings. The highest BCUT2D eigenvalue weighted by atomic mass is 16.5. The highest BCUT2D eigenvalue weighted by Gasteiger charge is 2.08. The van der Waals surface area contributed by atoms with E-state index in [9.17, 15) is 4.79 Å². The van der Waals surface area contributed by atoms with Gasteiger partial charge in [-0.15, -0.1) is 0 Å². The summed E-state index contributed by atoms with van der Waals surface area (Å²) in [6.07, 6.45) is 1.56. The van der Waals surface area contributed by atoms with Gasteiger partial charge in [-0.3, -0.25) is 4.79 Å². The van der Waals surface area contributed by atoms with Crippen LogP contribution in [-0.4, -0.2) is 25.3 Å². The van der Waals surface area contributed by atoms with E-state index in [0.717, 1.165) is 22.4 Å². The number of carbonyl (C=O) groups is 1. The van der Waals surface area contributed by atoms with Gasteiger partial charge in [0.05, 0.1) is 12.8 Å². The van der Waals surface area contributed by atoms with Crippen LogP contribution in [0.4, 0.5) is 0 Å². The number of nitrogens with one attached hydrogen (secondary N) is 1. The average molecular weight is 374 g/mol. The van der Waals surface area contributed by atoms with Crippen LogP contribution in [0.15, 0.2) is 84.0 Å². The zero-order chi connectivity index (χ0) is 19.6. The van der Waals surface area contributed by atoms with Crippen molar-refractivity contribution in [2.75, 3.05) is 13.2 Å². The Kier molecular flexibility index (Phi) is 6.79.